The van der Waals surface area contributed by atoms with Crippen LogP contribution in [0.3, 0.4) is 0 Å². The molecule has 8 heteroatoms. The van der Waals surface area contributed by atoms with Crippen LogP contribution >= 0.6 is 11.3 Å². The summed E-state index contributed by atoms with van der Waals surface area (Å²) < 4.78 is 1.85. The van der Waals surface area contributed by atoms with Crippen molar-refractivity contribution < 1.29 is 4.79 Å². The summed E-state index contributed by atoms with van der Waals surface area (Å²) in [5.74, 6) is 0. The second-order valence-corrected chi connectivity index (χ2v) is 6.87. The molecular weight excluding hydrogens is 312 g/mol. The first-order chi connectivity index (χ1) is 11.3. The predicted octanol–water partition coefficient (Wildman–Crippen LogP) is 1.89. The van der Waals surface area contributed by atoms with E-state index >= 15 is 0 Å². The topological polar surface area (TPSA) is 75.9 Å². The number of hydrogen-bond acceptors (Lipinski definition) is 5. The molecule has 1 aliphatic heterocycles. The third-order valence-electron chi connectivity index (χ3n) is 4.06. The number of nitrogens with one attached hydrogen (secondary N) is 1. The van der Waals surface area contributed by atoms with E-state index in [1.165, 1.54) is 11.2 Å². The van der Waals surface area contributed by atoms with Crippen LogP contribution < -0.4 is 5.32 Å². The maximum Gasteiger partial charge on any atom is 0.317 e. The molecule has 0 unspecified atom stereocenters. The molecule has 3 rings (SSSR count). The van der Waals surface area contributed by atoms with Gasteiger partial charge in [-0.3, -0.25) is 0 Å². The molecule has 0 aromatic carbocycles. The molecule has 0 spiro atoms. The van der Waals surface area contributed by atoms with Crippen LogP contribution in [0, 0.1) is 0 Å². The van der Waals surface area contributed by atoms with Gasteiger partial charge in [-0.1, -0.05) is 6.92 Å². The molecule has 3 heterocycles. The number of piperidine rings is 1. The SMILES string of the molecule is CCc1cnc(CCNC(=O)N2CCC[C@H](n3cncn3)C2)s1. The van der Waals surface area contributed by atoms with Gasteiger partial charge in [-0.2, -0.15) is 5.10 Å². The molecule has 0 bridgehead atoms. The van der Waals surface area contributed by atoms with Crippen LogP contribution in [0.25, 0.3) is 0 Å². The van der Waals surface area contributed by atoms with Gasteiger partial charge in [-0.15, -0.1) is 11.3 Å². The quantitative estimate of drug-likeness (QED) is 0.906. The lowest BCUT2D eigenvalue weighted by molar-refractivity contribution is 0.163. The third kappa shape index (κ3) is 4.07. The van der Waals surface area contributed by atoms with Crippen molar-refractivity contribution >= 4 is 17.4 Å². The number of urea groups is 1. The van der Waals surface area contributed by atoms with Gasteiger partial charge in [0.2, 0.25) is 0 Å². The van der Waals surface area contributed by atoms with Crippen LogP contribution in [0.2, 0.25) is 0 Å². The van der Waals surface area contributed by atoms with Gasteiger partial charge >= 0.3 is 6.03 Å². The summed E-state index contributed by atoms with van der Waals surface area (Å²) in [5.41, 5.74) is 0. The zero-order valence-corrected chi connectivity index (χ0v) is 14.1. The zero-order chi connectivity index (χ0) is 16.1. The predicted molar refractivity (Wildman–Crippen MR) is 88.5 cm³/mol. The minimum atomic E-state index is 0.00193. The lowest BCUT2D eigenvalue weighted by Crippen LogP contribution is -2.46. The molecule has 1 aliphatic rings. The second kappa shape index (κ2) is 7.54. The maximum absolute atomic E-state index is 12.3. The molecule has 7 nitrogen and oxygen atoms in total. The van der Waals surface area contributed by atoms with Crippen molar-refractivity contribution in [2.45, 2.75) is 38.6 Å². The minimum absolute atomic E-state index is 0.00193. The molecule has 1 N–H and O–H groups in total. The van der Waals surface area contributed by atoms with Crippen molar-refractivity contribution in [3.05, 3.63) is 28.7 Å². The van der Waals surface area contributed by atoms with E-state index in [4.69, 9.17) is 0 Å². The summed E-state index contributed by atoms with van der Waals surface area (Å²) in [6.45, 7) is 4.24. The molecule has 2 aromatic heterocycles. The van der Waals surface area contributed by atoms with Crippen LogP contribution in [0.5, 0.6) is 0 Å². The summed E-state index contributed by atoms with van der Waals surface area (Å²) in [6, 6.07) is 0.227. The Kier molecular flexibility index (Phi) is 5.22. The van der Waals surface area contributed by atoms with Gasteiger partial charge in [0.05, 0.1) is 11.0 Å². The number of likely N-dealkylation sites (tertiary alicyclic amines) is 1. The number of aryl methyl sites for hydroxylation is 1. The van der Waals surface area contributed by atoms with E-state index in [0.717, 1.165) is 37.2 Å². The van der Waals surface area contributed by atoms with Gasteiger partial charge in [-0.25, -0.2) is 19.4 Å². The smallest absolute Gasteiger partial charge is 0.317 e. The van der Waals surface area contributed by atoms with E-state index in [2.05, 4.69) is 27.3 Å². The molecule has 1 saturated heterocycles. The largest absolute Gasteiger partial charge is 0.338 e. The molecule has 23 heavy (non-hydrogen) atoms. The summed E-state index contributed by atoms with van der Waals surface area (Å²) in [7, 11) is 0. The summed E-state index contributed by atoms with van der Waals surface area (Å²) in [6.07, 6.45) is 9.02. The van der Waals surface area contributed by atoms with Crippen molar-refractivity contribution in [3.8, 4) is 0 Å². The van der Waals surface area contributed by atoms with E-state index in [1.54, 1.807) is 17.7 Å². The fourth-order valence-electron chi connectivity index (χ4n) is 2.78. The summed E-state index contributed by atoms with van der Waals surface area (Å²) in [5, 5.41) is 8.27. The van der Waals surface area contributed by atoms with E-state index in [9.17, 15) is 4.79 Å². The number of amides is 2. The Morgan fingerprint density at radius 2 is 2.43 bits per heavy atom. The first-order valence-electron chi connectivity index (χ1n) is 8.06. The van der Waals surface area contributed by atoms with Gasteiger partial charge in [0.25, 0.3) is 0 Å². The minimum Gasteiger partial charge on any atom is -0.338 e. The Hall–Kier alpha value is -1.96. The molecule has 2 aromatic rings. The lowest BCUT2D eigenvalue weighted by atomic mass is 10.1. The molecular formula is C15H22N6OS. The van der Waals surface area contributed by atoms with E-state index in [-0.39, 0.29) is 12.1 Å². The fraction of sp³-hybridized carbons (Fsp3) is 0.600. The van der Waals surface area contributed by atoms with Gasteiger partial charge in [0, 0.05) is 37.1 Å². The Balaban J connectivity index is 1.46. The van der Waals surface area contributed by atoms with Crippen molar-refractivity contribution in [1.29, 1.82) is 0 Å². The second-order valence-electron chi connectivity index (χ2n) is 5.67. The van der Waals surface area contributed by atoms with Crippen molar-refractivity contribution in [2.24, 2.45) is 0 Å². The highest BCUT2D eigenvalue weighted by molar-refractivity contribution is 7.11. The highest BCUT2D eigenvalue weighted by Crippen LogP contribution is 2.20. The number of hydrogen-bond donors (Lipinski definition) is 1. The standard InChI is InChI=1S/C15H22N6OS/c1-2-13-8-18-14(23-13)5-6-17-15(22)20-7-3-4-12(9-20)21-11-16-10-19-21/h8,10-12H,2-7,9H2,1H3,(H,17,22)/t12-/m0/s1. The Bertz CT molecular complexity index is 626. The monoisotopic (exact) mass is 334 g/mol. The highest BCUT2D eigenvalue weighted by Gasteiger charge is 2.24. The molecule has 124 valence electrons. The summed E-state index contributed by atoms with van der Waals surface area (Å²) >= 11 is 1.72. The van der Waals surface area contributed by atoms with Crippen molar-refractivity contribution in [2.75, 3.05) is 19.6 Å². The third-order valence-corrected chi connectivity index (χ3v) is 5.26. The van der Waals surface area contributed by atoms with Crippen molar-refractivity contribution in [3.63, 3.8) is 0 Å². The van der Waals surface area contributed by atoms with Crippen LogP contribution in [0.1, 0.15) is 35.7 Å². The van der Waals surface area contributed by atoms with E-state index < -0.39 is 0 Å². The number of aromatic nitrogens is 4. The normalized spacial score (nSPS) is 18.1. The molecule has 1 fully saturated rings. The van der Waals surface area contributed by atoms with Crippen LogP contribution in [-0.2, 0) is 12.8 Å². The van der Waals surface area contributed by atoms with Gasteiger partial charge in [0.1, 0.15) is 12.7 Å². The first-order valence-corrected chi connectivity index (χ1v) is 8.88. The molecule has 0 saturated carbocycles. The number of carbonyl (C=O) groups excluding carboxylic acids is 1. The Morgan fingerprint density at radius 1 is 1.52 bits per heavy atom. The summed E-state index contributed by atoms with van der Waals surface area (Å²) in [4.78, 5) is 23.8. The van der Waals surface area contributed by atoms with Crippen LogP contribution in [0.4, 0.5) is 4.79 Å². The zero-order valence-electron chi connectivity index (χ0n) is 13.3. The molecule has 2 amide bonds. The lowest BCUT2D eigenvalue weighted by Gasteiger charge is -2.32. The van der Waals surface area contributed by atoms with E-state index in [0.29, 0.717) is 13.1 Å². The number of rotatable bonds is 5. The Morgan fingerprint density at radius 3 is 3.17 bits per heavy atom. The molecule has 1 atom stereocenters. The average Bonchev–Trinajstić information content (AvgIpc) is 3.26. The van der Waals surface area contributed by atoms with Crippen LogP contribution in [-0.4, -0.2) is 50.3 Å². The number of carbonyl (C=O) groups is 1. The van der Waals surface area contributed by atoms with Gasteiger partial charge in [-0.05, 0) is 19.3 Å². The average molecular weight is 334 g/mol. The number of thiazole rings is 1. The first kappa shape index (κ1) is 15.9. The van der Waals surface area contributed by atoms with Crippen LogP contribution in [0.15, 0.2) is 18.9 Å². The maximum atomic E-state index is 12.3. The van der Waals surface area contributed by atoms with E-state index in [1.807, 2.05) is 15.8 Å². The highest BCUT2D eigenvalue weighted by atomic mass is 32.1. The Labute approximate surface area is 139 Å². The van der Waals surface area contributed by atoms with Gasteiger partial charge in [0.15, 0.2) is 0 Å². The van der Waals surface area contributed by atoms with Gasteiger partial charge < -0.3 is 10.2 Å². The fourth-order valence-corrected chi connectivity index (χ4v) is 3.64. The molecule has 0 radical (unpaired) electrons. The number of nitrogens with zero attached hydrogens (tertiary/aromatic N) is 5. The van der Waals surface area contributed by atoms with Crippen molar-refractivity contribution in [1.82, 2.24) is 30.0 Å². The molecule has 0 aliphatic carbocycles.